The highest BCUT2D eigenvalue weighted by molar-refractivity contribution is 5.66. The predicted molar refractivity (Wildman–Crippen MR) is 120 cm³/mol. The Morgan fingerprint density at radius 3 is 2.48 bits per heavy atom. The average Bonchev–Trinajstić information content (AvgIpc) is 2.72. The van der Waals surface area contributed by atoms with Gasteiger partial charge in [-0.2, -0.15) is 0 Å². The van der Waals surface area contributed by atoms with Crippen molar-refractivity contribution in [3.05, 3.63) is 53.6 Å². The van der Waals surface area contributed by atoms with E-state index in [0.29, 0.717) is 12.8 Å². The van der Waals surface area contributed by atoms with Gasteiger partial charge in [0.15, 0.2) is 0 Å². The van der Waals surface area contributed by atoms with Gasteiger partial charge in [0.05, 0.1) is 12.2 Å². The first kappa shape index (κ1) is 25.1. The maximum absolute atomic E-state index is 10.7. The molecule has 0 spiro atoms. The summed E-state index contributed by atoms with van der Waals surface area (Å²) in [6, 6.07) is 7.69. The lowest BCUT2D eigenvalue weighted by molar-refractivity contribution is -0.137. The molecule has 2 N–H and O–H groups in total. The molecule has 0 amide bonds. The summed E-state index contributed by atoms with van der Waals surface area (Å²) in [5.41, 5.74) is 1.78. The van der Waals surface area contributed by atoms with Gasteiger partial charge >= 0.3 is 5.97 Å². The van der Waals surface area contributed by atoms with Crippen LogP contribution in [0.4, 0.5) is 0 Å². The van der Waals surface area contributed by atoms with Crippen LogP contribution in [0.3, 0.4) is 0 Å². The molecule has 2 unspecified atom stereocenters. The van der Waals surface area contributed by atoms with Crippen LogP contribution < -0.4 is 0 Å². The minimum absolute atomic E-state index is 0.0782. The molecular formula is C25H38O4. The average molecular weight is 403 g/mol. The van der Waals surface area contributed by atoms with E-state index < -0.39 is 12.1 Å². The number of hydrogen-bond acceptors (Lipinski definition) is 3. The number of carboxylic acid groups (broad SMARTS) is 1. The Hall–Kier alpha value is -1.91. The van der Waals surface area contributed by atoms with Gasteiger partial charge in [-0.3, -0.25) is 4.79 Å². The van der Waals surface area contributed by atoms with E-state index in [1.165, 1.54) is 38.5 Å². The van der Waals surface area contributed by atoms with Crippen molar-refractivity contribution < 1.29 is 19.7 Å². The highest BCUT2D eigenvalue weighted by Crippen LogP contribution is 2.24. The summed E-state index contributed by atoms with van der Waals surface area (Å²) in [6.45, 7) is 2.23. The summed E-state index contributed by atoms with van der Waals surface area (Å²) < 4.78 is 5.55. The van der Waals surface area contributed by atoms with E-state index in [-0.39, 0.29) is 12.5 Å². The van der Waals surface area contributed by atoms with E-state index in [9.17, 15) is 9.90 Å². The molecule has 0 fully saturated rings. The van der Waals surface area contributed by atoms with Gasteiger partial charge in [-0.15, -0.1) is 0 Å². The predicted octanol–water partition coefficient (Wildman–Crippen LogP) is 6.31. The molecule has 0 aliphatic rings. The second-order valence-electron chi connectivity index (χ2n) is 7.51. The minimum Gasteiger partial charge on any atom is -0.481 e. The van der Waals surface area contributed by atoms with E-state index in [4.69, 9.17) is 9.84 Å². The first-order valence-corrected chi connectivity index (χ1v) is 10.9. The lowest BCUT2D eigenvalue weighted by atomic mass is 9.98. The summed E-state index contributed by atoms with van der Waals surface area (Å²) in [5, 5.41) is 19.2. The van der Waals surface area contributed by atoms with E-state index in [0.717, 1.165) is 17.5 Å². The van der Waals surface area contributed by atoms with E-state index in [1.807, 2.05) is 42.5 Å². The van der Waals surface area contributed by atoms with Crippen molar-refractivity contribution >= 4 is 12.0 Å². The zero-order chi connectivity index (χ0) is 21.3. The van der Waals surface area contributed by atoms with Crippen molar-refractivity contribution in [1.82, 2.24) is 0 Å². The quantitative estimate of drug-likeness (QED) is 0.251. The highest BCUT2D eigenvalue weighted by atomic mass is 16.5. The van der Waals surface area contributed by atoms with Crippen molar-refractivity contribution in [3.63, 3.8) is 0 Å². The molecule has 29 heavy (non-hydrogen) atoms. The molecule has 0 bridgehead atoms. The summed E-state index contributed by atoms with van der Waals surface area (Å²) in [5.74, 6) is -0.829. The monoisotopic (exact) mass is 402 g/mol. The first-order valence-electron chi connectivity index (χ1n) is 10.9. The molecular weight excluding hydrogens is 364 g/mol. The van der Waals surface area contributed by atoms with Crippen LogP contribution in [0, 0.1) is 0 Å². The van der Waals surface area contributed by atoms with E-state index >= 15 is 0 Å². The fourth-order valence-corrected chi connectivity index (χ4v) is 3.33. The van der Waals surface area contributed by atoms with Gasteiger partial charge in [-0.25, -0.2) is 0 Å². The fourth-order valence-electron chi connectivity index (χ4n) is 3.33. The largest absolute Gasteiger partial charge is 0.481 e. The Morgan fingerprint density at radius 1 is 1.03 bits per heavy atom. The van der Waals surface area contributed by atoms with Gasteiger partial charge < -0.3 is 14.9 Å². The molecule has 0 aromatic heterocycles. The number of unbranched alkanes of at least 4 members (excludes halogenated alkanes) is 5. The van der Waals surface area contributed by atoms with Gasteiger partial charge in [0.25, 0.3) is 0 Å². The SMILES string of the molecule is CCCCCCCCC(/C=C/C=C/c1ccccc1C(O)CCCC(=O)O)OC. The molecule has 0 heterocycles. The number of rotatable bonds is 16. The third kappa shape index (κ3) is 11.6. The second-order valence-corrected chi connectivity index (χ2v) is 7.51. The number of hydrogen-bond donors (Lipinski definition) is 2. The standard InChI is InChI=1S/C25H38O4/c1-3-4-5-6-7-8-16-22(29-2)17-11-9-14-21-15-10-12-18-23(21)24(26)19-13-20-25(27)28/h9-12,14-15,17-18,22,24,26H,3-8,13,16,19-20H2,1-2H3,(H,27,28)/b14-9+,17-11+. The molecule has 1 aromatic carbocycles. The number of allylic oxidation sites excluding steroid dienone is 2. The highest BCUT2D eigenvalue weighted by Gasteiger charge is 2.11. The van der Waals surface area contributed by atoms with Crippen LogP contribution in [0.1, 0.15) is 88.4 Å². The third-order valence-electron chi connectivity index (χ3n) is 5.08. The van der Waals surface area contributed by atoms with Gasteiger partial charge in [0.2, 0.25) is 0 Å². The van der Waals surface area contributed by atoms with E-state index in [2.05, 4.69) is 13.0 Å². The number of benzene rings is 1. The molecule has 0 radical (unpaired) electrons. The van der Waals surface area contributed by atoms with Crippen LogP contribution in [-0.2, 0) is 9.53 Å². The number of carboxylic acids is 1. The van der Waals surface area contributed by atoms with Crippen LogP contribution in [0.2, 0.25) is 0 Å². The van der Waals surface area contributed by atoms with Crippen LogP contribution in [0.15, 0.2) is 42.5 Å². The van der Waals surface area contributed by atoms with Crippen LogP contribution >= 0.6 is 0 Å². The zero-order valence-corrected chi connectivity index (χ0v) is 18.1. The Labute approximate surface area is 176 Å². The van der Waals surface area contributed by atoms with Crippen molar-refractivity contribution in [3.8, 4) is 0 Å². The summed E-state index contributed by atoms with van der Waals surface area (Å²) in [6.07, 6.45) is 17.2. The molecule has 0 aliphatic carbocycles. The Balaban J connectivity index is 2.51. The molecule has 1 aromatic rings. The lowest BCUT2D eigenvalue weighted by Crippen LogP contribution is -2.06. The van der Waals surface area contributed by atoms with Gasteiger partial charge in [0.1, 0.15) is 0 Å². The normalized spacial score (nSPS) is 13.9. The molecule has 0 saturated heterocycles. The number of methoxy groups -OCH3 is 1. The van der Waals surface area contributed by atoms with E-state index in [1.54, 1.807) is 7.11 Å². The summed E-state index contributed by atoms with van der Waals surface area (Å²) in [4.78, 5) is 10.7. The molecule has 1 rings (SSSR count). The zero-order valence-electron chi connectivity index (χ0n) is 18.1. The second kappa shape index (κ2) is 15.9. The smallest absolute Gasteiger partial charge is 0.303 e. The molecule has 2 atom stereocenters. The number of carbonyl (C=O) groups is 1. The Bertz CT molecular complexity index is 621. The topological polar surface area (TPSA) is 66.8 Å². The molecule has 0 saturated carbocycles. The van der Waals surface area contributed by atoms with Crippen LogP contribution in [0.25, 0.3) is 6.08 Å². The van der Waals surface area contributed by atoms with Gasteiger partial charge in [-0.1, -0.05) is 94.0 Å². The molecule has 4 heteroatoms. The first-order chi connectivity index (χ1) is 14.1. The van der Waals surface area contributed by atoms with Crippen molar-refractivity contribution in [1.29, 1.82) is 0 Å². The van der Waals surface area contributed by atoms with Gasteiger partial charge in [-0.05, 0) is 30.4 Å². The summed E-state index contributed by atoms with van der Waals surface area (Å²) >= 11 is 0. The third-order valence-corrected chi connectivity index (χ3v) is 5.08. The van der Waals surface area contributed by atoms with Crippen molar-refractivity contribution in [2.45, 2.75) is 83.3 Å². The minimum atomic E-state index is -0.829. The fraction of sp³-hybridized carbons (Fsp3) is 0.560. The van der Waals surface area contributed by atoms with Crippen LogP contribution in [-0.4, -0.2) is 29.4 Å². The van der Waals surface area contributed by atoms with Gasteiger partial charge in [0, 0.05) is 13.5 Å². The van der Waals surface area contributed by atoms with Crippen LogP contribution in [0.5, 0.6) is 0 Å². The molecule has 4 nitrogen and oxygen atoms in total. The molecule has 162 valence electrons. The molecule has 0 aliphatic heterocycles. The summed E-state index contributed by atoms with van der Waals surface area (Å²) in [7, 11) is 1.75. The maximum Gasteiger partial charge on any atom is 0.303 e. The van der Waals surface area contributed by atoms with Crippen molar-refractivity contribution in [2.75, 3.05) is 7.11 Å². The number of aliphatic hydroxyl groups is 1. The number of aliphatic hydroxyl groups excluding tert-OH is 1. The maximum atomic E-state index is 10.7. The lowest BCUT2D eigenvalue weighted by Gasteiger charge is -2.13. The van der Waals surface area contributed by atoms with Crippen molar-refractivity contribution in [2.24, 2.45) is 0 Å². The Kier molecular flexibility index (Phi) is 13.8. The number of ether oxygens (including phenoxy) is 1. The Morgan fingerprint density at radius 2 is 1.76 bits per heavy atom. The number of aliphatic carboxylic acids is 1.